The van der Waals surface area contributed by atoms with Gasteiger partial charge in [-0.3, -0.25) is 0 Å². The molecule has 0 aromatic carbocycles. The van der Waals surface area contributed by atoms with Gasteiger partial charge in [0.15, 0.2) is 0 Å². The molecule has 0 saturated heterocycles. The summed E-state index contributed by atoms with van der Waals surface area (Å²) in [6.45, 7) is 2.25. The molecule has 2 N–H and O–H groups in total. The molecule has 1 saturated carbocycles. The second-order valence-corrected chi connectivity index (χ2v) is 4.62. The number of hydrogen-bond donors (Lipinski definition) is 1. The molecule has 1 fully saturated rings. The standard InChI is InChI=1S/C12H19N3O2/c1-8-4-3-5-9(6-8)17-11-7-10(16-2)14-12(13)15-11/h7-9H,3-6H2,1-2H3,(H2,13,14,15). The Morgan fingerprint density at radius 3 is 2.76 bits per heavy atom. The Kier molecular flexibility index (Phi) is 3.66. The number of rotatable bonds is 3. The molecule has 0 aliphatic heterocycles. The van der Waals surface area contributed by atoms with Crippen molar-refractivity contribution in [2.45, 2.75) is 38.7 Å². The summed E-state index contributed by atoms with van der Waals surface area (Å²) in [6.07, 6.45) is 4.89. The first-order valence-electron chi connectivity index (χ1n) is 6.02. The van der Waals surface area contributed by atoms with Gasteiger partial charge in [0.1, 0.15) is 6.10 Å². The molecule has 5 heteroatoms. The van der Waals surface area contributed by atoms with Crippen LogP contribution in [0, 0.1) is 5.92 Å². The largest absolute Gasteiger partial charge is 0.481 e. The summed E-state index contributed by atoms with van der Waals surface area (Å²) in [4.78, 5) is 7.99. The molecule has 94 valence electrons. The highest BCUT2D eigenvalue weighted by Crippen LogP contribution is 2.27. The van der Waals surface area contributed by atoms with E-state index in [-0.39, 0.29) is 12.1 Å². The van der Waals surface area contributed by atoms with Crippen molar-refractivity contribution in [3.8, 4) is 11.8 Å². The van der Waals surface area contributed by atoms with Gasteiger partial charge in [-0.05, 0) is 25.2 Å². The van der Waals surface area contributed by atoms with Crippen LogP contribution in [-0.2, 0) is 0 Å². The van der Waals surface area contributed by atoms with Crippen molar-refractivity contribution in [1.29, 1.82) is 0 Å². The highest BCUT2D eigenvalue weighted by molar-refractivity contribution is 5.29. The van der Waals surface area contributed by atoms with E-state index in [9.17, 15) is 0 Å². The lowest BCUT2D eigenvalue weighted by atomic mass is 9.89. The van der Waals surface area contributed by atoms with Crippen molar-refractivity contribution >= 4 is 5.95 Å². The number of nitrogens with zero attached hydrogens (tertiary/aromatic N) is 2. The Morgan fingerprint density at radius 1 is 1.29 bits per heavy atom. The van der Waals surface area contributed by atoms with Crippen molar-refractivity contribution in [3.05, 3.63) is 6.07 Å². The molecule has 0 spiro atoms. The zero-order chi connectivity index (χ0) is 12.3. The number of ether oxygens (including phenoxy) is 2. The van der Waals surface area contributed by atoms with Gasteiger partial charge in [0.2, 0.25) is 17.7 Å². The van der Waals surface area contributed by atoms with Crippen LogP contribution in [0.3, 0.4) is 0 Å². The topological polar surface area (TPSA) is 70.3 Å². The Hall–Kier alpha value is -1.52. The minimum atomic E-state index is 0.184. The highest BCUT2D eigenvalue weighted by atomic mass is 16.5. The Bertz CT molecular complexity index is 384. The molecular formula is C12H19N3O2. The quantitative estimate of drug-likeness (QED) is 0.871. The first-order chi connectivity index (χ1) is 8.17. The first-order valence-corrected chi connectivity index (χ1v) is 6.02. The molecule has 1 aromatic rings. The summed E-state index contributed by atoms with van der Waals surface area (Å²) >= 11 is 0. The summed E-state index contributed by atoms with van der Waals surface area (Å²) < 4.78 is 10.9. The summed E-state index contributed by atoms with van der Waals surface area (Å²) in [5, 5.41) is 0. The van der Waals surface area contributed by atoms with Crippen molar-refractivity contribution in [3.63, 3.8) is 0 Å². The van der Waals surface area contributed by atoms with Gasteiger partial charge in [0.25, 0.3) is 0 Å². The number of nitrogen functional groups attached to an aromatic ring is 1. The van der Waals surface area contributed by atoms with E-state index in [0.29, 0.717) is 11.8 Å². The average Bonchev–Trinajstić information content (AvgIpc) is 2.28. The van der Waals surface area contributed by atoms with Crippen LogP contribution in [0.4, 0.5) is 5.95 Å². The molecule has 1 aliphatic carbocycles. The zero-order valence-electron chi connectivity index (χ0n) is 10.3. The normalized spacial score (nSPS) is 24.4. The van der Waals surface area contributed by atoms with Gasteiger partial charge in [-0.15, -0.1) is 0 Å². The van der Waals surface area contributed by atoms with Crippen LogP contribution in [-0.4, -0.2) is 23.2 Å². The third kappa shape index (κ3) is 3.22. The molecule has 17 heavy (non-hydrogen) atoms. The number of nitrogens with two attached hydrogens (primary N) is 1. The average molecular weight is 237 g/mol. The van der Waals surface area contributed by atoms with Crippen LogP contribution in [0.25, 0.3) is 0 Å². The third-order valence-electron chi connectivity index (χ3n) is 3.08. The minimum absolute atomic E-state index is 0.184. The fourth-order valence-corrected chi connectivity index (χ4v) is 2.24. The SMILES string of the molecule is COc1cc(OC2CCCC(C)C2)nc(N)n1. The van der Waals surface area contributed by atoms with E-state index in [1.807, 2.05) is 0 Å². The van der Waals surface area contributed by atoms with Gasteiger partial charge >= 0.3 is 0 Å². The third-order valence-corrected chi connectivity index (χ3v) is 3.08. The number of methoxy groups -OCH3 is 1. The Labute approximate surface area is 101 Å². The minimum Gasteiger partial charge on any atom is -0.481 e. The molecule has 2 unspecified atom stereocenters. The first kappa shape index (κ1) is 12.0. The summed E-state index contributed by atoms with van der Waals surface area (Å²) in [5.74, 6) is 1.85. The Morgan fingerprint density at radius 2 is 2.06 bits per heavy atom. The van der Waals surface area contributed by atoms with Gasteiger partial charge in [-0.1, -0.05) is 13.3 Å². The Balaban J connectivity index is 2.04. The molecule has 2 atom stereocenters. The van der Waals surface area contributed by atoms with Gasteiger partial charge in [-0.2, -0.15) is 9.97 Å². The molecule has 0 bridgehead atoms. The highest BCUT2D eigenvalue weighted by Gasteiger charge is 2.21. The van der Waals surface area contributed by atoms with Crippen molar-refractivity contribution in [1.82, 2.24) is 9.97 Å². The summed E-state index contributed by atoms with van der Waals surface area (Å²) in [5.41, 5.74) is 5.59. The van der Waals surface area contributed by atoms with E-state index in [4.69, 9.17) is 15.2 Å². The van der Waals surface area contributed by atoms with Gasteiger partial charge in [0, 0.05) is 0 Å². The molecule has 0 amide bonds. The van der Waals surface area contributed by atoms with Crippen LogP contribution < -0.4 is 15.2 Å². The van der Waals surface area contributed by atoms with E-state index < -0.39 is 0 Å². The maximum atomic E-state index is 5.84. The lowest BCUT2D eigenvalue weighted by Gasteiger charge is -2.26. The second kappa shape index (κ2) is 5.21. The molecule has 2 rings (SSSR count). The lowest BCUT2D eigenvalue weighted by Crippen LogP contribution is -2.24. The van der Waals surface area contributed by atoms with E-state index in [0.717, 1.165) is 18.8 Å². The second-order valence-electron chi connectivity index (χ2n) is 4.62. The smallest absolute Gasteiger partial charge is 0.226 e. The summed E-state index contributed by atoms with van der Waals surface area (Å²) in [6, 6.07) is 1.68. The van der Waals surface area contributed by atoms with E-state index >= 15 is 0 Å². The number of anilines is 1. The fourth-order valence-electron chi connectivity index (χ4n) is 2.24. The van der Waals surface area contributed by atoms with Crippen LogP contribution in [0.1, 0.15) is 32.6 Å². The van der Waals surface area contributed by atoms with E-state index in [2.05, 4.69) is 16.9 Å². The van der Waals surface area contributed by atoms with Crippen molar-refractivity contribution < 1.29 is 9.47 Å². The van der Waals surface area contributed by atoms with Gasteiger partial charge < -0.3 is 15.2 Å². The molecule has 5 nitrogen and oxygen atoms in total. The van der Waals surface area contributed by atoms with Crippen LogP contribution in [0.2, 0.25) is 0 Å². The molecular weight excluding hydrogens is 218 g/mol. The van der Waals surface area contributed by atoms with Gasteiger partial charge in [0.05, 0.1) is 13.2 Å². The number of hydrogen-bond acceptors (Lipinski definition) is 5. The number of aromatic nitrogens is 2. The maximum Gasteiger partial charge on any atom is 0.226 e. The van der Waals surface area contributed by atoms with Gasteiger partial charge in [-0.25, -0.2) is 0 Å². The van der Waals surface area contributed by atoms with Crippen LogP contribution >= 0.6 is 0 Å². The van der Waals surface area contributed by atoms with E-state index in [1.165, 1.54) is 12.8 Å². The monoisotopic (exact) mass is 237 g/mol. The molecule has 0 radical (unpaired) electrons. The molecule has 1 heterocycles. The van der Waals surface area contributed by atoms with Crippen molar-refractivity contribution in [2.24, 2.45) is 5.92 Å². The van der Waals surface area contributed by atoms with Crippen molar-refractivity contribution in [2.75, 3.05) is 12.8 Å². The zero-order valence-corrected chi connectivity index (χ0v) is 10.3. The van der Waals surface area contributed by atoms with Crippen LogP contribution in [0.5, 0.6) is 11.8 Å². The lowest BCUT2D eigenvalue weighted by molar-refractivity contribution is 0.123. The predicted molar refractivity (Wildman–Crippen MR) is 65.0 cm³/mol. The molecule has 1 aliphatic rings. The predicted octanol–water partition coefficient (Wildman–Crippen LogP) is 2.02. The maximum absolute atomic E-state index is 5.84. The molecule has 1 aromatic heterocycles. The van der Waals surface area contributed by atoms with E-state index in [1.54, 1.807) is 13.2 Å². The summed E-state index contributed by atoms with van der Waals surface area (Å²) in [7, 11) is 1.55. The van der Waals surface area contributed by atoms with Crippen LogP contribution in [0.15, 0.2) is 6.07 Å². The fraction of sp³-hybridized carbons (Fsp3) is 0.667.